The van der Waals surface area contributed by atoms with Crippen molar-refractivity contribution in [3.05, 3.63) is 59.9 Å². The van der Waals surface area contributed by atoms with Gasteiger partial charge in [-0.3, -0.25) is 9.59 Å². The average Bonchev–Trinajstić information content (AvgIpc) is 2.70. The fourth-order valence-electron chi connectivity index (χ4n) is 4.48. The first kappa shape index (κ1) is 19.5. The van der Waals surface area contributed by atoms with Crippen LogP contribution in [0, 0.1) is 5.82 Å². The van der Waals surface area contributed by atoms with Crippen LogP contribution in [0.2, 0.25) is 0 Å². The molecule has 7 heteroatoms. The monoisotopic (exact) mass is 398 g/mol. The topological polar surface area (TPSA) is 70.1 Å². The van der Waals surface area contributed by atoms with Gasteiger partial charge in [0, 0.05) is 25.1 Å². The molecule has 29 heavy (non-hydrogen) atoms. The van der Waals surface area contributed by atoms with Crippen LogP contribution < -0.4 is 0 Å². The number of amides is 2. The summed E-state index contributed by atoms with van der Waals surface area (Å²) in [5.41, 5.74) is 2.25. The van der Waals surface area contributed by atoms with Crippen LogP contribution >= 0.6 is 0 Å². The van der Waals surface area contributed by atoms with Crippen molar-refractivity contribution < 1.29 is 23.8 Å². The number of carbonyl (C=O) groups is 2. The van der Waals surface area contributed by atoms with Crippen LogP contribution in [0.3, 0.4) is 0 Å². The number of ether oxygens (including phenoxy) is 1. The summed E-state index contributed by atoms with van der Waals surface area (Å²) in [4.78, 5) is 27.9. The van der Waals surface area contributed by atoms with Crippen molar-refractivity contribution in [2.24, 2.45) is 0 Å². The molecule has 152 valence electrons. The van der Waals surface area contributed by atoms with Gasteiger partial charge in [0.2, 0.25) is 11.8 Å². The first-order chi connectivity index (χ1) is 14.0. The van der Waals surface area contributed by atoms with E-state index < -0.39 is 0 Å². The Labute approximate surface area is 168 Å². The number of carbonyl (C=O) groups excluding carboxylic acids is 2. The van der Waals surface area contributed by atoms with E-state index in [4.69, 9.17) is 4.74 Å². The summed E-state index contributed by atoms with van der Waals surface area (Å²) in [7, 11) is 1.45. The van der Waals surface area contributed by atoms with E-state index >= 15 is 0 Å². The quantitative estimate of drug-likeness (QED) is 0.831. The highest BCUT2D eigenvalue weighted by Gasteiger charge is 2.54. The second kappa shape index (κ2) is 7.93. The van der Waals surface area contributed by atoms with Crippen molar-refractivity contribution in [3.8, 4) is 11.1 Å². The third kappa shape index (κ3) is 3.41. The number of fused-ring (bicyclic) bond motifs is 1. The van der Waals surface area contributed by atoms with Gasteiger partial charge >= 0.3 is 0 Å². The van der Waals surface area contributed by atoms with Crippen molar-refractivity contribution in [3.63, 3.8) is 0 Å². The molecule has 0 aliphatic carbocycles. The molecule has 2 aliphatic rings. The molecule has 2 aliphatic heterocycles. The van der Waals surface area contributed by atoms with Crippen molar-refractivity contribution in [2.45, 2.75) is 18.0 Å². The van der Waals surface area contributed by atoms with Gasteiger partial charge in [-0.15, -0.1) is 0 Å². The normalized spacial score (nSPS) is 23.6. The molecule has 1 N–H and O–H groups in total. The fourth-order valence-corrected chi connectivity index (χ4v) is 4.48. The van der Waals surface area contributed by atoms with Gasteiger partial charge in [0.1, 0.15) is 12.4 Å². The van der Waals surface area contributed by atoms with Gasteiger partial charge in [0.15, 0.2) is 0 Å². The first-order valence-corrected chi connectivity index (χ1v) is 9.58. The number of halogens is 1. The fraction of sp³-hybridized carbons (Fsp3) is 0.364. The van der Waals surface area contributed by atoms with E-state index in [9.17, 15) is 19.1 Å². The number of hydrogen-bond acceptors (Lipinski definition) is 4. The molecule has 0 unspecified atom stereocenters. The van der Waals surface area contributed by atoms with E-state index in [1.54, 1.807) is 23.1 Å². The molecule has 6 nitrogen and oxygen atoms in total. The highest BCUT2D eigenvalue weighted by Crippen LogP contribution is 2.43. The maximum absolute atomic E-state index is 14.0. The van der Waals surface area contributed by atoms with Gasteiger partial charge < -0.3 is 19.6 Å². The van der Waals surface area contributed by atoms with Crippen molar-refractivity contribution in [1.82, 2.24) is 9.80 Å². The summed E-state index contributed by atoms with van der Waals surface area (Å²) < 4.78 is 19.0. The molecular formula is C22H23FN2O4. The molecule has 2 aromatic rings. The van der Waals surface area contributed by atoms with Crippen LogP contribution in [-0.4, -0.2) is 72.2 Å². The highest BCUT2D eigenvalue weighted by molar-refractivity contribution is 5.88. The van der Waals surface area contributed by atoms with Crippen LogP contribution in [-0.2, 0) is 14.3 Å². The zero-order valence-corrected chi connectivity index (χ0v) is 16.1. The summed E-state index contributed by atoms with van der Waals surface area (Å²) in [6.07, 6.45) is 0. The number of nitrogens with zero attached hydrogens (tertiary/aromatic N) is 2. The Morgan fingerprint density at radius 2 is 1.93 bits per heavy atom. The Kier molecular flexibility index (Phi) is 5.34. The lowest BCUT2D eigenvalue weighted by Gasteiger charge is -2.58. The molecule has 0 spiro atoms. The molecule has 2 amide bonds. The summed E-state index contributed by atoms with van der Waals surface area (Å²) in [6, 6.07) is 13.6. The zero-order valence-electron chi connectivity index (χ0n) is 16.1. The molecule has 3 atom stereocenters. The lowest BCUT2D eigenvalue weighted by Crippen LogP contribution is -2.73. The zero-order chi connectivity index (χ0) is 20.5. The number of piperazine rings is 1. The van der Waals surface area contributed by atoms with Gasteiger partial charge in [-0.05, 0) is 17.2 Å². The minimum Gasteiger partial charge on any atom is -0.394 e. The van der Waals surface area contributed by atoms with Crippen LogP contribution in [0.1, 0.15) is 11.5 Å². The molecule has 0 bridgehead atoms. The summed E-state index contributed by atoms with van der Waals surface area (Å²) in [5, 5.41) is 9.86. The van der Waals surface area contributed by atoms with Gasteiger partial charge in [0.05, 0.1) is 25.2 Å². The lowest BCUT2D eigenvalue weighted by atomic mass is 9.73. The third-order valence-corrected chi connectivity index (χ3v) is 5.85. The van der Waals surface area contributed by atoms with E-state index in [0.29, 0.717) is 12.1 Å². The summed E-state index contributed by atoms with van der Waals surface area (Å²) in [6.45, 7) is 0.206. The molecule has 2 fully saturated rings. The Hall–Kier alpha value is -2.77. The maximum Gasteiger partial charge on any atom is 0.249 e. The summed E-state index contributed by atoms with van der Waals surface area (Å²) in [5.74, 6) is -0.754. The lowest BCUT2D eigenvalue weighted by molar-refractivity contribution is -0.168. The number of aliphatic hydroxyl groups is 1. The number of methoxy groups -OCH3 is 1. The second-order valence-corrected chi connectivity index (χ2v) is 7.45. The van der Waals surface area contributed by atoms with E-state index in [2.05, 4.69) is 0 Å². The van der Waals surface area contributed by atoms with Gasteiger partial charge in [-0.2, -0.15) is 0 Å². The molecule has 2 aromatic carbocycles. The first-order valence-electron chi connectivity index (χ1n) is 9.58. The number of benzene rings is 2. The average molecular weight is 398 g/mol. The van der Waals surface area contributed by atoms with Crippen LogP contribution in [0.25, 0.3) is 11.1 Å². The Morgan fingerprint density at radius 3 is 2.59 bits per heavy atom. The van der Waals surface area contributed by atoms with Crippen LogP contribution in [0.15, 0.2) is 48.5 Å². The number of hydrogen-bond donors (Lipinski definition) is 1. The van der Waals surface area contributed by atoms with Crippen molar-refractivity contribution in [1.29, 1.82) is 0 Å². The SMILES string of the molecule is COCC(=O)N1CC(=O)N2[C@H](CO)[C@H](c3ccc(-c4ccccc4F)cc3)[C@@H]2C1. The standard InChI is InChI=1S/C22H23FN2O4/c1-29-13-21(28)24-10-18-22(19(12-26)25(18)20(27)11-24)15-8-6-14(7-9-15)16-4-2-3-5-17(16)23/h2-9,18-19,22,26H,10-13H2,1H3/t18-,19+,22+/m0/s1. The van der Waals surface area contributed by atoms with E-state index in [1.807, 2.05) is 24.3 Å². The van der Waals surface area contributed by atoms with E-state index in [0.717, 1.165) is 11.1 Å². The Bertz CT molecular complexity index is 917. The molecule has 2 saturated heterocycles. The Morgan fingerprint density at radius 1 is 1.21 bits per heavy atom. The highest BCUT2D eigenvalue weighted by atomic mass is 19.1. The largest absolute Gasteiger partial charge is 0.394 e. The van der Waals surface area contributed by atoms with Gasteiger partial charge in [-0.1, -0.05) is 42.5 Å². The smallest absolute Gasteiger partial charge is 0.249 e. The third-order valence-electron chi connectivity index (χ3n) is 5.85. The van der Waals surface area contributed by atoms with Crippen LogP contribution in [0.4, 0.5) is 4.39 Å². The molecular weight excluding hydrogens is 375 g/mol. The minimum atomic E-state index is -0.313. The number of aliphatic hydroxyl groups excluding tert-OH is 1. The second-order valence-electron chi connectivity index (χ2n) is 7.45. The molecule has 0 radical (unpaired) electrons. The van der Waals surface area contributed by atoms with Crippen LogP contribution in [0.5, 0.6) is 0 Å². The summed E-state index contributed by atoms with van der Waals surface area (Å²) >= 11 is 0. The van der Waals surface area contributed by atoms with Crippen molar-refractivity contribution in [2.75, 3.05) is 33.4 Å². The van der Waals surface area contributed by atoms with E-state index in [-0.39, 0.29) is 55.4 Å². The van der Waals surface area contributed by atoms with E-state index in [1.165, 1.54) is 18.1 Å². The predicted octanol–water partition coefficient (Wildman–Crippen LogP) is 1.64. The van der Waals surface area contributed by atoms with Gasteiger partial charge in [0.25, 0.3) is 0 Å². The molecule has 0 saturated carbocycles. The predicted molar refractivity (Wildman–Crippen MR) is 105 cm³/mol. The molecule has 0 aromatic heterocycles. The molecule has 2 heterocycles. The van der Waals surface area contributed by atoms with Crippen molar-refractivity contribution >= 4 is 11.8 Å². The Balaban J connectivity index is 1.58. The van der Waals surface area contributed by atoms with Gasteiger partial charge in [-0.25, -0.2) is 4.39 Å². The minimum absolute atomic E-state index is 0.00807. The number of rotatable bonds is 5. The molecule has 4 rings (SSSR count). The maximum atomic E-state index is 14.0.